The summed E-state index contributed by atoms with van der Waals surface area (Å²) in [4.78, 5) is 2.55. The van der Waals surface area contributed by atoms with Crippen LogP contribution in [-0.4, -0.2) is 47.5 Å². The SMILES string of the molecule is Cc1c(Br)cnn1C(CCN1CCOCC1)C1CCCCC1. The maximum atomic E-state index is 5.46. The van der Waals surface area contributed by atoms with Crippen molar-refractivity contribution in [2.75, 3.05) is 32.8 Å². The average molecular weight is 370 g/mol. The molecule has 1 atom stereocenters. The molecule has 22 heavy (non-hydrogen) atoms. The Labute approximate surface area is 142 Å². The Morgan fingerprint density at radius 2 is 2.00 bits per heavy atom. The fourth-order valence-corrected chi connectivity index (χ4v) is 4.23. The van der Waals surface area contributed by atoms with Gasteiger partial charge in [-0.2, -0.15) is 5.10 Å². The van der Waals surface area contributed by atoms with Gasteiger partial charge in [-0.1, -0.05) is 19.3 Å². The maximum absolute atomic E-state index is 5.46. The zero-order chi connectivity index (χ0) is 15.4. The fraction of sp³-hybridized carbons (Fsp3) is 0.824. The van der Waals surface area contributed by atoms with Crippen LogP contribution in [0.4, 0.5) is 0 Å². The lowest BCUT2D eigenvalue weighted by Crippen LogP contribution is -2.38. The van der Waals surface area contributed by atoms with E-state index < -0.39 is 0 Å². The van der Waals surface area contributed by atoms with Crippen LogP contribution < -0.4 is 0 Å². The molecule has 0 bridgehead atoms. The van der Waals surface area contributed by atoms with E-state index in [2.05, 4.69) is 37.5 Å². The summed E-state index contributed by atoms with van der Waals surface area (Å²) < 4.78 is 8.90. The van der Waals surface area contributed by atoms with Crippen molar-refractivity contribution in [1.29, 1.82) is 0 Å². The molecular weight excluding hydrogens is 342 g/mol. The smallest absolute Gasteiger partial charge is 0.0635 e. The summed E-state index contributed by atoms with van der Waals surface area (Å²) in [6, 6.07) is 0.550. The van der Waals surface area contributed by atoms with Crippen LogP contribution in [0.25, 0.3) is 0 Å². The molecule has 0 spiro atoms. The Hall–Kier alpha value is -0.390. The molecule has 2 heterocycles. The third-order valence-corrected chi connectivity index (χ3v) is 6.12. The largest absolute Gasteiger partial charge is 0.379 e. The van der Waals surface area contributed by atoms with Gasteiger partial charge in [-0.05, 0) is 48.0 Å². The minimum absolute atomic E-state index is 0.550. The Morgan fingerprint density at radius 3 is 2.64 bits per heavy atom. The topological polar surface area (TPSA) is 30.3 Å². The second-order valence-electron chi connectivity index (χ2n) is 6.73. The van der Waals surface area contributed by atoms with Gasteiger partial charge in [-0.25, -0.2) is 0 Å². The molecule has 3 rings (SSSR count). The molecule has 1 aromatic heterocycles. The molecule has 1 saturated carbocycles. The van der Waals surface area contributed by atoms with Gasteiger partial charge < -0.3 is 4.74 Å². The lowest BCUT2D eigenvalue weighted by Gasteiger charge is -2.34. The number of rotatable bonds is 5. The highest BCUT2D eigenvalue weighted by Crippen LogP contribution is 2.36. The molecule has 0 aromatic carbocycles. The zero-order valence-electron chi connectivity index (χ0n) is 13.6. The lowest BCUT2D eigenvalue weighted by atomic mass is 9.82. The number of aromatic nitrogens is 2. The van der Waals surface area contributed by atoms with E-state index in [1.165, 1.54) is 50.8 Å². The van der Waals surface area contributed by atoms with Crippen molar-refractivity contribution < 1.29 is 4.74 Å². The highest BCUT2D eigenvalue weighted by atomic mass is 79.9. The second kappa shape index (κ2) is 7.93. The van der Waals surface area contributed by atoms with Crippen LogP contribution in [0.2, 0.25) is 0 Å². The Bertz CT molecular complexity index is 464. The highest BCUT2D eigenvalue weighted by Gasteiger charge is 2.27. The van der Waals surface area contributed by atoms with Crippen LogP contribution in [0.1, 0.15) is 50.3 Å². The fourth-order valence-electron chi connectivity index (χ4n) is 3.95. The first kappa shape index (κ1) is 16.5. The van der Waals surface area contributed by atoms with Gasteiger partial charge in [0, 0.05) is 25.3 Å². The summed E-state index contributed by atoms with van der Waals surface area (Å²) in [5.41, 5.74) is 1.28. The number of halogens is 1. The molecule has 1 aliphatic carbocycles. The molecule has 5 heteroatoms. The third kappa shape index (κ3) is 3.92. The summed E-state index contributed by atoms with van der Waals surface area (Å²) in [5.74, 6) is 0.792. The number of morpholine rings is 1. The molecule has 0 radical (unpaired) electrons. The standard InChI is InChI=1S/C17H28BrN3O/c1-14-16(18)13-19-21(14)17(15-5-3-2-4-6-15)7-8-20-9-11-22-12-10-20/h13,15,17H,2-12H2,1H3. The van der Waals surface area contributed by atoms with E-state index in [-0.39, 0.29) is 0 Å². The van der Waals surface area contributed by atoms with Crippen LogP contribution in [0, 0.1) is 12.8 Å². The number of hydrogen-bond acceptors (Lipinski definition) is 3. The molecular formula is C17H28BrN3O. The maximum Gasteiger partial charge on any atom is 0.0635 e. The first-order valence-corrected chi connectivity index (χ1v) is 9.54. The highest BCUT2D eigenvalue weighted by molar-refractivity contribution is 9.10. The van der Waals surface area contributed by atoms with Crippen LogP contribution in [-0.2, 0) is 4.74 Å². The Balaban J connectivity index is 1.69. The average Bonchev–Trinajstić information content (AvgIpc) is 2.90. The summed E-state index contributed by atoms with van der Waals surface area (Å²) in [6.07, 6.45) is 10.1. The minimum atomic E-state index is 0.550. The van der Waals surface area contributed by atoms with Gasteiger partial charge in [-0.3, -0.25) is 9.58 Å². The monoisotopic (exact) mass is 369 g/mol. The van der Waals surface area contributed by atoms with E-state index in [4.69, 9.17) is 4.74 Å². The van der Waals surface area contributed by atoms with Crippen LogP contribution in [0.3, 0.4) is 0 Å². The van der Waals surface area contributed by atoms with E-state index in [1.807, 2.05) is 6.20 Å². The predicted molar refractivity (Wildman–Crippen MR) is 92.2 cm³/mol. The zero-order valence-corrected chi connectivity index (χ0v) is 15.2. The number of ether oxygens (including phenoxy) is 1. The van der Waals surface area contributed by atoms with Gasteiger partial charge in [0.2, 0.25) is 0 Å². The van der Waals surface area contributed by atoms with Gasteiger partial charge >= 0.3 is 0 Å². The summed E-state index contributed by atoms with van der Waals surface area (Å²) in [7, 11) is 0. The van der Waals surface area contributed by atoms with Crippen molar-refractivity contribution in [3.05, 3.63) is 16.4 Å². The van der Waals surface area contributed by atoms with Crippen molar-refractivity contribution in [3.8, 4) is 0 Å². The molecule has 1 unspecified atom stereocenters. The third-order valence-electron chi connectivity index (χ3n) is 5.34. The normalized spacial score (nSPS) is 22.8. The van der Waals surface area contributed by atoms with Crippen molar-refractivity contribution in [2.24, 2.45) is 5.92 Å². The predicted octanol–water partition coefficient (Wildman–Crippen LogP) is 3.80. The van der Waals surface area contributed by atoms with Gasteiger partial charge in [-0.15, -0.1) is 0 Å². The number of nitrogens with zero attached hydrogens (tertiary/aromatic N) is 3. The minimum Gasteiger partial charge on any atom is -0.379 e. The quantitative estimate of drug-likeness (QED) is 0.790. The first-order valence-electron chi connectivity index (χ1n) is 8.75. The van der Waals surface area contributed by atoms with Crippen LogP contribution in [0.15, 0.2) is 10.7 Å². The summed E-state index contributed by atoms with van der Waals surface area (Å²) in [6.45, 7) is 7.29. The molecule has 1 aliphatic heterocycles. The Morgan fingerprint density at radius 1 is 1.27 bits per heavy atom. The van der Waals surface area contributed by atoms with Crippen molar-refractivity contribution in [2.45, 2.75) is 51.5 Å². The van der Waals surface area contributed by atoms with E-state index >= 15 is 0 Å². The molecule has 2 aliphatic rings. The van der Waals surface area contributed by atoms with E-state index in [9.17, 15) is 0 Å². The Kier molecular flexibility index (Phi) is 5.94. The lowest BCUT2D eigenvalue weighted by molar-refractivity contribution is 0.0333. The van der Waals surface area contributed by atoms with Crippen molar-refractivity contribution in [1.82, 2.24) is 14.7 Å². The molecule has 0 amide bonds. The summed E-state index contributed by atoms with van der Waals surface area (Å²) >= 11 is 3.63. The molecule has 4 nitrogen and oxygen atoms in total. The molecule has 124 valence electrons. The second-order valence-corrected chi connectivity index (χ2v) is 7.58. The van der Waals surface area contributed by atoms with E-state index in [0.717, 1.165) is 36.7 Å². The van der Waals surface area contributed by atoms with Gasteiger partial charge in [0.05, 0.1) is 29.9 Å². The van der Waals surface area contributed by atoms with E-state index in [0.29, 0.717) is 6.04 Å². The molecule has 0 N–H and O–H groups in total. The van der Waals surface area contributed by atoms with Gasteiger partial charge in [0.25, 0.3) is 0 Å². The van der Waals surface area contributed by atoms with Gasteiger partial charge in [0.1, 0.15) is 0 Å². The number of hydrogen-bond donors (Lipinski definition) is 0. The molecule has 1 saturated heterocycles. The van der Waals surface area contributed by atoms with Crippen molar-refractivity contribution >= 4 is 15.9 Å². The van der Waals surface area contributed by atoms with Crippen molar-refractivity contribution in [3.63, 3.8) is 0 Å². The molecule has 1 aromatic rings. The first-order chi connectivity index (χ1) is 10.8. The van der Waals surface area contributed by atoms with Crippen LogP contribution >= 0.6 is 15.9 Å². The van der Waals surface area contributed by atoms with E-state index in [1.54, 1.807) is 0 Å². The molecule has 2 fully saturated rings. The van der Waals surface area contributed by atoms with Crippen LogP contribution in [0.5, 0.6) is 0 Å². The summed E-state index contributed by atoms with van der Waals surface area (Å²) in [5, 5.41) is 4.68. The van der Waals surface area contributed by atoms with Gasteiger partial charge in [0.15, 0.2) is 0 Å².